The quantitative estimate of drug-likeness (QED) is 0.347. The maximum absolute atomic E-state index is 12.9. The van der Waals surface area contributed by atoms with E-state index in [0.29, 0.717) is 30.5 Å². The lowest BCUT2D eigenvalue weighted by Crippen LogP contribution is -2.48. The molecule has 6 rings (SSSR count). The van der Waals surface area contributed by atoms with Crippen molar-refractivity contribution < 1.29 is 14.3 Å². The highest BCUT2D eigenvalue weighted by Gasteiger charge is 2.33. The minimum atomic E-state index is -0.295. The fourth-order valence-electron chi connectivity index (χ4n) is 5.48. The fourth-order valence-corrected chi connectivity index (χ4v) is 5.48. The van der Waals surface area contributed by atoms with Gasteiger partial charge in [-0.2, -0.15) is 4.98 Å². The summed E-state index contributed by atoms with van der Waals surface area (Å²) in [6, 6.07) is 15.7. The summed E-state index contributed by atoms with van der Waals surface area (Å²) in [5, 5.41) is 4.06. The molecule has 4 aromatic rings. The number of hydrogen-bond acceptors (Lipinski definition) is 7. The van der Waals surface area contributed by atoms with Gasteiger partial charge in [-0.25, -0.2) is 14.8 Å². The van der Waals surface area contributed by atoms with Gasteiger partial charge in [-0.05, 0) is 36.1 Å². The van der Waals surface area contributed by atoms with Gasteiger partial charge in [0.05, 0.1) is 0 Å². The minimum Gasteiger partial charge on any atom is -0.445 e. The van der Waals surface area contributed by atoms with E-state index in [1.165, 1.54) is 0 Å². The lowest BCUT2D eigenvalue weighted by molar-refractivity contribution is 0.0663. The summed E-state index contributed by atoms with van der Waals surface area (Å²) in [5.41, 5.74) is 3.45. The predicted octanol–water partition coefficient (Wildman–Crippen LogP) is 5.12. The Morgan fingerprint density at radius 3 is 2.50 bits per heavy atom. The lowest BCUT2D eigenvalue weighted by atomic mass is 9.93. The zero-order valence-electron chi connectivity index (χ0n) is 22.8. The van der Waals surface area contributed by atoms with Crippen LogP contribution in [0.15, 0.2) is 60.9 Å². The van der Waals surface area contributed by atoms with Crippen LogP contribution in [0.5, 0.6) is 0 Å². The Labute approximate surface area is 233 Å². The molecule has 0 unspecified atom stereocenters. The molecule has 1 aliphatic heterocycles. The van der Waals surface area contributed by atoms with Gasteiger partial charge >= 0.3 is 6.09 Å². The second-order valence-corrected chi connectivity index (χ2v) is 10.8. The predicted molar refractivity (Wildman–Crippen MR) is 152 cm³/mol. The number of nitrogens with one attached hydrogen (secondary N) is 1. The first kappa shape index (κ1) is 25.8. The maximum Gasteiger partial charge on any atom is 0.410 e. The van der Waals surface area contributed by atoms with Crippen LogP contribution in [-0.2, 0) is 11.3 Å². The highest BCUT2D eigenvalue weighted by molar-refractivity contribution is 5.97. The maximum atomic E-state index is 12.9. The summed E-state index contributed by atoms with van der Waals surface area (Å²) in [4.78, 5) is 42.4. The zero-order valence-corrected chi connectivity index (χ0v) is 22.8. The van der Waals surface area contributed by atoms with Crippen LogP contribution in [0.1, 0.15) is 59.3 Å². The number of nitrogens with zero attached hydrogens (tertiary/aromatic N) is 6. The number of benzene rings is 1. The van der Waals surface area contributed by atoms with Crippen LogP contribution in [-0.4, -0.2) is 68.5 Å². The number of likely N-dealkylation sites (tertiary alicyclic amines) is 1. The minimum absolute atomic E-state index is 0.0318. The second-order valence-electron chi connectivity index (χ2n) is 10.8. The molecule has 10 heteroatoms. The van der Waals surface area contributed by atoms with Crippen LogP contribution in [0, 0.1) is 0 Å². The van der Waals surface area contributed by atoms with E-state index in [9.17, 15) is 9.59 Å². The molecule has 1 aromatic carbocycles. The molecule has 0 radical (unpaired) electrons. The van der Waals surface area contributed by atoms with Gasteiger partial charge in [-0.1, -0.05) is 49.2 Å². The van der Waals surface area contributed by atoms with Crippen LogP contribution >= 0.6 is 0 Å². The van der Waals surface area contributed by atoms with Crippen LogP contribution in [0.4, 0.5) is 16.6 Å². The van der Waals surface area contributed by atoms with Crippen molar-refractivity contribution in [3.05, 3.63) is 77.7 Å². The summed E-state index contributed by atoms with van der Waals surface area (Å²) in [6.07, 6.45) is 7.67. The number of anilines is 2. The van der Waals surface area contributed by atoms with Crippen LogP contribution < -0.4 is 5.32 Å². The molecule has 1 saturated carbocycles. The molecular weight excluding hydrogens is 506 g/mol. The van der Waals surface area contributed by atoms with Crippen LogP contribution in [0.3, 0.4) is 0 Å². The Morgan fingerprint density at radius 1 is 1.02 bits per heavy atom. The average molecular weight is 540 g/mol. The number of aromatic nitrogens is 4. The molecule has 2 amide bonds. The second kappa shape index (κ2) is 11.0. The van der Waals surface area contributed by atoms with Crippen LogP contribution in [0.2, 0.25) is 0 Å². The van der Waals surface area contributed by atoms with Gasteiger partial charge in [0.2, 0.25) is 5.95 Å². The number of fused-ring (bicyclic) bond motifs is 1. The van der Waals surface area contributed by atoms with Gasteiger partial charge in [-0.3, -0.25) is 4.79 Å². The molecule has 1 aliphatic carbocycles. The van der Waals surface area contributed by atoms with E-state index in [1.54, 1.807) is 30.1 Å². The topological polar surface area (TPSA) is 105 Å². The molecular formula is C30H33N7O3. The van der Waals surface area contributed by atoms with Crippen molar-refractivity contribution in [1.29, 1.82) is 0 Å². The third-order valence-corrected chi connectivity index (χ3v) is 7.73. The molecule has 40 heavy (non-hydrogen) atoms. The molecule has 4 heterocycles. The SMILES string of the molecule is CN(C)C(=O)c1cc2cnc(Nc3ccc(C4CN(C(=O)OCc5ccccc5)C4)cn3)nc2n1C1CCCC1. The lowest BCUT2D eigenvalue weighted by Gasteiger charge is -2.38. The van der Waals surface area contributed by atoms with Crippen LogP contribution in [0.25, 0.3) is 11.0 Å². The summed E-state index contributed by atoms with van der Waals surface area (Å²) < 4.78 is 7.52. The first-order valence-corrected chi connectivity index (χ1v) is 13.7. The standard InChI is InChI=1S/C30H33N7O3/c1-35(2)28(38)25-14-22-16-32-29(34-27(22)37(25)24-10-6-7-11-24)33-26-13-12-21(15-31-26)23-17-36(18-23)30(39)40-19-20-8-4-3-5-9-20/h3-5,8-9,12-16,23-24H,6-7,10-11,17-19H2,1-2H3,(H,31,32,33,34). The van der Waals surface area contributed by atoms with Crippen molar-refractivity contribution >= 4 is 34.8 Å². The summed E-state index contributed by atoms with van der Waals surface area (Å²) in [5.74, 6) is 1.26. The third kappa shape index (κ3) is 5.21. The van der Waals surface area contributed by atoms with Gasteiger partial charge < -0.3 is 24.4 Å². The molecule has 0 spiro atoms. The van der Waals surface area contributed by atoms with E-state index in [-0.39, 0.29) is 30.6 Å². The van der Waals surface area contributed by atoms with Gasteiger partial charge in [0.1, 0.15) is 23.8 Å². The van der Waals surface area contributed by atoms with E-state index in [2.05, 4.69) is 19.9 Å². The normalized spacial score (nSPS) is 15.7. The molecule has 3 aromatic heterocycles. The smallest absolute Gasteiger partial charge is 0.410 e. The summed E-state index contributed by atoms with van der Waals surface area (Å²) in [6.45, 7) is 1.48. The van der Waals surface area contributed by atoms with Crippen molar-refractivity contribution in [3.8, 4) is 0 Å². The number of carbonyl (C=O) groups excluding carboxylic acids is 2. The molecule has 0 bridgehead atoms. The Morgan fingerprint density at radius 2 is 1.80 bits per heavy atom. The number of amides is 2. The zero-order chi connectivity index (χ0) is 27.6. The van der Waals surface area contributed by atoms with Crippen molar-refractivity contribution in [2.75, 3.05) is 32.5 Å². The molecule has 0 atom stereocenters. The van der Waals surface area contributed by atoms with E-state index >= 15 is 0 Å². The van der Waals surface area contributed by atoms with Gasteiger partial charge in [0, 0.05) is 56.9 Å². The largest absolute Gasteiger partial charge is 0.445 e. The summed E-state index contributed by atoms with van der Waals surface area (Å²) in [7, 11) is 3.54. The highest BCUT2D eigenvalue weighted by Crippen LogP contribution is 2.35. The van der Waals surface area contributed by atoms with E-state index < -0.39 is 0 Å². The first-order valence-electron chi connectivity index (χ1n) is 13.7. The number of carbonyl (C=O) groups is 2. The fraction of sp³-hybridized carbons (Fsp3) is 0.367. The Balaban J connectivity index is 1.10. The van der Waals surface area contributed by atoms with Crippen molar-refractivity contribution in [3.63, 3.8) is 0 Å². The molecule has 1 saturated heterocycles. The molecule has 1 N–H and O–H groups in total. The first-order chi connectivity index (χ1) is 19.5. The third-order valence-electron chi connectivity index (χ3n) is 7.73. The summed E-state index contributed by atoms with van der Waals surface area (Å²) >= 11 is 0. The molecule has 10 nitrogen and oxygen atoms in total. The van der Waals surface area contributed by atoms with Crippen molar-refractivity contribution in [2.24, 2.45) is 0 Å². The van der Waals surface area contributed by atoms with E-state index in [0.717, 1.165) is 47.8 Å². The van der Waals surface area contributed by atoms with Gasteiger partial charge in [0.15, 0.2) is 0 Å². The highest BCUT2D eigenvalue weighted by atomic mass is 16.6. The van der Waals surface area contributed by atoms with Gasteiger partial charge in [-0.15, -0.1) is 0 Å². The number of pyridine rings is 1. The number of hydrogen-bond donors (Lipinski definition) is 1. The molecule has 2 aliphatic rings. The molecule has 206 valence electrons. The average Bonchev–Trinajstić information content (AvgIpc) is 3.60. The Hall–Kier alpha value is -4.47. The Bertz CT molecular complexity index is 1510. The van der Waals surface area contributed by atoms with Gasteiger partial charge in [0.25, 0.3) is 5.91 Å². The number of ether oxygens (including phenoxy) is 1. The number of rotatable bonds is 7. The van der Waals surface area contributed by atoms with E-state index in [4.69, 9.17) is 9.72 Å². The van der Waals surface area contributed by atoms with Crippen molar-refractivity contribution in [1.82, 2.24) is 29.3 Å². The Kier molecular flexibility index (Phi) is 7.06. The monoisotopic (exact) mass is 539 g/mol. The van der Waals surface area contributed by atoms with E-state index in [1.807, 2.05) is 54.7 Å². The van der Waals surface area contributed by atoms with Crippen molar-refractivity contribution in [2.45, 2.75) is 44.2 Å². The molecule has 2 fully saturated rings.